The first-order chi connectivity index (χ1) is 10.4. The van der Waals surface area contributed by atoms with Gasteiger partial charge in [0.05, 0.1) is 18.3 Å². The molecule has 0 aromatic heterocycles. The Morgan fingerprint density at radius 2 is 2.27 bits per heavy atom. The van der Waals surface area contributed by atoms with E-state index in [-0.39, 0.29) is 18.6 Å². The molecule has 2 rings (SSSR count). The van der Waals surface area contributed by atoms with Gasteiger partial charge in [-0.05, 0) is 26.0 Å². The predicted octanol–water partition coefficient (Wildman–Crippen LogP) is 1.86. The fraction of sp³-hybridized carbons (Fsp3) is 0.562. The summed E-state index contributed by atoms with van der Waals surface area (Å²) in [4.78, 5) is 14.0. The number of halogens is 1. The van der Waals surface area contributed by atoms with Gasteiger partial charge in [-0.1, -0.05) is 6.07 Å². The Hall–Kier alpha value is -1.66. The molecule has 0 bridgehead atoms. The van der Waals surface area contributed by atoms with E-state index in [1.807, 2.05) is 13.8 Å². The van der Waals surface area contributed by atoms with Gasteiger partial charge in [-0.25, -0.2) is 4.39 Å². The maximum atomic E-state index is 13.1. The molecule has 6 heteroatoms. The molecule has 0 unspecified atom stereocenters. The maximum Gasteiger partial charge on any atom is 0.260 e. The van der Waals surface area contributed by atoms with Gasteiger partial charge >= 0.3 is 0 Å². The first kappa shape index (κ1) is 16.7. The first-order valence-corrected chi connectivity index (χ1v) is 7.22. The quantitative estimate of drug-likeness (QED) is 0.833. The molecule has 1 aliphatic rings. The molecule has 1 aromatic carbocycles. The number of nitrogens with zero attached hydrogens (tertiary/aromatic N) is 1. The van der Waals surface area contributed by atoms with E-state index in [2.05, 4.69) is 0 Å². The first-order valence-electron chi connectivity index (χ1n) is 7.22. The summed E-state index contributed by atoms with van der Waals surface area (Å²) in [6.07, 6.45) is -0.160. The van der Waals surface area contributed by atoms with E-state index < -0.39 is 11.4 Å². The van der Waals surface area contributed by atoms with Crippen LogP contribution in [0.2, 0.25) is 0 Å². The zero-order valence-electron chi connectivity index (χ0n) is 13.2. The third-order valence-electron chi connectivity index (χ3n) is 3.35. The lowest BCUT2D eigenvalue weighted by atomic mass is 10.1. The molecular weight excluding hydrogens is 289 g/mol. The zero-order valence-corrected chi connectivity index (χ0v) is 13.2. The predicted molar refractivity (Wildman–Crippen MR) is 79.3 cm³/mol. The Morgan fingerprint density at radius 3 is 2.95 bits per heavy atom. The molecule has 0 N–H and O–H groups in total. The fourth-order valence-corrected chi connectivity index (χ4v) is 2.55. The molecule has 5 nitrogen and oxygen atoms in total. The molecule has 1 fully saturated rings. The van der Waals surface area contributed by atoms with Crippen molar-refractivity contribution in [2.45, 2.75) is 25.6 Å². The van der Waals surface area contributed by atoms with Gasteiger partial charge in [0.15, 0.2) is 6.61 Å². The van der Waals surface area contributed by atoms with E-state index in [1.165, 1.54) is 12.1 Å². The lowest BCUT2D eigenvalue weighted by Crippen LogP contribution is -2.56. The van der Waals surface area contributed by atoms with E-state index >= 15 is 0 Å². The highest BCUT2D eigenvalue weighted by atomic mass is 19.1. The van der Waals surface area contributed by atoms with Crippen LogP contribution in [0.1, 0.15) is 13.8 Å². The van der Waals surface area contributed by atoms with Crippen molar-refractivity contribution in [3.8, 4) is 5.75 Å². The highest BCUT2D eigenvalue weighted by Crippen LogP contribution is 2.21. The summed E-state index contributed by atoms with van der Waals surface area (Å²) in [5.41, 5.74) is -0.435. The van der Waals surface area contributed by atoms with Crippen molar-refractivity contribution in [1.82, 2.24) is 4.90 Å². The van der Waals surface area contributed by atoms with Crippen molar-refractivity contribution in [3.05, 3.63) is 30.1 Å². The Balaban J connectivity index is 1.93. The number of amides is 1. The van der Waals surface area contributed by atoms with Gasteiger partial charge < -0.3 is 19.1 Å². The van der Waals surface area contributed by atoms with Gasteiger partial charge in [0, 0.05) is 26.3 Å². The summed E-state index contributed by atoms with van der Waals surface area (Å²) < 4.78 is 29.4. The molecule has 1 saturated heterocycles. The smallest absolute Gasteiger partial charge is 0.260 e. The van der Waals surface area contributed by atoms with Crippen LogP contribution < -0.4 is 4.74 Å². The van der Waals surface area contributed by atoms with Gasteiger partial charge in [-0.15, -0.1) is 0 Å². The average molecular weight is 311 g/mol. The van der Waals surface area contributed by atoms with Crippen LogP contribution in [0.15, 0.2) is 24.3 Å². The van der Waals surface area contributed by atoms with Gasteiger partial charge in [0.1, 0.15) is 11.6 Å². The number of carbonyl (C=O) groups excluding carboxylic acids is 1. The molecule has 122 valence electrons. The van der Waals surface area contributed by atoms with E-state index in [0.29, 0.717) is 25.4 Å². The topological polar surface area (TPSA) is 48.0 Å². The minimum atomic E-state index is -0.435. The Kier molecular flexibility index (Phi) is 5.37. The van der Waals surface area contributed by atoms with E-state index in [9.17, 15) is 9.18 Å². The van der Waals surface area contributed by atoms with Gasteiger partial charge in [0.2, 0.25) is 0 Å². The van der Waals surface area contributed by atoms with Crippen LogP contribution in [-0.2, 0) is 14.3 Å². The Labute approximate surface area is 130 Å². The molecule has 0 aliphatic carbocycles. The monoisotopic (exact) mass is 311 g/mol. The SMILES string of the molecule is COC[C@H]1CN(C(=O)COc2cccc(F)c2)CC(C)(C)O1. The molecule has 1 heterocycles. The van der Waals surface area contributed by atoms with Gasteiger partial charge in [-0.3, -0.25) is 4.79 Å². The average Bonchev–Trinajstić information content (AvgIpc) is 2.43. The summed E-state index contributed by atoms with van der Waals surface area (Å²) >= 11 is 0. The van der Waals surface area contributed by atoms with Crippen LogP contribution in [0.5, 0.6) is 5.75 Å². The number of carbonyl (C=O) groups is 1. The van der Waals surface area contributed by atoms with Gasteiger partial charge in [0.25, 0.3) is 5.91 Å². The van der Waals surface area contributed by atoms with Crippen molar-refractivity contribution in [1.29, 1.82) is 0 Å². The van der Waals surface area contributed by atoms with Crippen LogP contribution in [0.4, 0.5) is 4.39 Å². The summed E-state index contributed by atoms with van der Waals surface area (Å²) in [5.74, 6) is -0.200. The van der Waals surface area contributed by atoms with Crippen molar-refractivity contribution >= 4 is 5.91 Å². The number of hydrogen-bond donors (Lipinski definition) is 0. The Morgan fingerprint density at radius 1 is 1.50 bits per heavy atom. The number of benzene rings is 1. The molecule has 0 saturated carbocycles. The molecule has 1 atom stereocenters. The van der Waals surface area contributed by atoms with Crippen molar-refractivity contribution < 1.29 is 23.4 Å². The normalized spacial score (nSPS) is 20.7. The van der Waals surface area contributed by atoms with E-state index in [0.717, 1.165) is 0 Å². The molecule has 0 spiro atoms. The lowest BCUT2D eigenvalue weighted by molar-refractivity contribution is -0.170. The molecule has 0 radical (unpaired) electrons. The van der Waals surface area contributed by atoms with E-state index in [4.69, 9.17) is 14.2 Å². The van der Waals surface area contributed by atoms with Crippen LogP contribution in [0, 0.1) is 5.82 Å². The summed E-state index contributed by atoms with van der Waals surface area (Å²) in [6, 6.07) is 5.74. The summed E-state index contributed by atoms with van der Waals surface area (Å²) in [6.45, 7) is 5.11. The standard InChI is InChI=1S/C16H22FNO4/c1-16(2)11-18(8-14(22-16)9-20-3)15(19)10-21-13-6-4-5-12(17)7-13/h4-7,14H,8-11H2,1-3H3/t14-/m1/s1. The fourth-order valence-electron chi connectivity index (χ4n) is 2.55. The molecular formula is C16H22FNO4. The molecule has 1 aliphatic heterocycles. The highest BCUT2D eigenvalue weighted by Gasteiger charge is 2.35. The molecule has 1 aromatic rings. The molecule has 22 heavy (non-hydrogen) atoms. The number of hydrogen-bond acceptors (Lipinski definition) is 4. The number of methoxy groups -OCH3 is 1. The summed E-state index contributed by atoms with van der Waals surface area (Å²) in [5, 5.41) is 0. The largest absolute Gasteiger partial charge is 0.484 e. The van der Waals surface area contributed by atoms with Crippen LogP contribution in [0.25, 0.3) is 0 Å². The van der Waals surface area contributed by atoms with Crippen LogP contribution in [0.3, 0.4) is 0 Å². The van der Waals surface area contributed by atoms with Crippen LogP contribution in [-0.4, -0.2) is 55.9 Å². The number of morpholine rings is 1. The number of rotatable bonds is 5. The van der Waals surface area contributed by atoms with E-state index in [1.54, 1.807) is 24.1 Å². The zero-order chi connectivity index (χ0) is 16.2. The second-order valence-corrected chi connectivity index (χ2v) is 5.98. The van der Waals surface area contributed by atoms with Crippen molar-refractivity contribution in [2.75, 3.05) is 33.4 Å². The summed E-state index contributed by atoms with van der Waals surface area (Å²) in [7, 11) is 1.60. The Bertz CT molecular complexity index is 521. The number of ether oxygens (including phenoxy) is 3. The van der Waals surface area contributed by atoms with Crippen molar-refractivity contribution in [3.63, 3.8) is 0 Å². The molecule has 1 amide bonds. The second kappa shape index (κ2) is 7.07. The highest BCUT2D eigenvalue weighted by molar-refractivity contribution is 5.78. The minimum absolute atomic E-state index is 0.126. The third-order valence-corrected chi connectivity index (χ3v) is 3.35. The van der Waals surface area contributed by atoms with Gasteiger partial charge in [-0.2, -0.15) is 0 Å². The van der Waals surface area contributed by atoms with Crippen LogP contribution >= 0.6 is 0 Å². The maximum absolute atomic E-state index is 13.1. The minimum Gasteiger partial charge on any atom is -0.484 e. The lowest BCUT2D eigenvalue weighted by Gasteiger charge is -2.42. The van der Waals surface area contributed by atoms with Crippen molar-refractivity contribution in [2.24, 2.45) is 0 Å². The second-order valence-electron chi connectivity index (χ2n) is 5.98. The third kappa shape index (κ3) is 4.68.